The number of esters is 1. The van der Waals surface area contributed by atoms with Crippen LogP contribution in [0.3, 0.4) is 0 Å². The number of ether oxygens (including phenoxy) is 3. The van der Waals surface area contributed by atoms with E-state index in [1.165, 1.54) is 7.11 Å². The SMILES string of the molecule is COC(=O)c1c2c(c3cc(OCCO)ccc3c1-c1ccccc1)OC(c1ccccc1)(c1ccccc1)C=C2. The van der Waals surface area contributed by atoms with Gasteiger partial charge < -0.3 is 19.3 Å². The number of carbonyl (C=O) groups excluding carboxylic acids is 1. The lowest BCUT2D eigenvalue weighted by Gasteiger charge is -2.37. The van der Waals surface area contributed by atoms with Gasteiger partial charge >= 0.3 is 5.97 Å². The predicted octanol–water partition coefficient (Wildman–Crippen LogP) is 7.01. The monoisotopic (exact) mass is 528 g/mol. The number of rotatable bonds is 7. The van der Waals surface area contributed by atoms with E-state index < -0.39 is 11.6 Å². The Bertz CT molecular complexity index is 1650. The van der Waals surface area contributed by atoms with E-state index in [2.05, 4.69) is 0 Å². The molecule has 0 aliphatic carbocycles. The first-order chi connectivity index (χ1) is 19.7. The number of hydrogen-bond acceptors (Lipinski definition) is 5. The minimum absolute atomic E-state index is 0.100. The minimum Gasteiger partial charge on any atom is -0.491 e. The number of hydrogen-bond donors (Lipinski definition) is 1. The van der Waals surface area contributed by atoms with Gasteiger partial charge in [0.1, 0.15) is 18.1 Å². The normalized spacial score (nSPS) is 13.3. The van der Waals surface area contributed by atoms with Crippen LogP contribution in [0.2, 0.25) is 0 Å². The van der Waals surface area contributed by atoms with E-state index in [-0.39, 0.29) is 13.2 Å². The van der Waals surface area contributed by atoms with Crippen molar-refractivity contribution in [3.8, 4) is 22.6 Å². The third-order valence-corrected chi connectivity index (χ3v) is 7.23. The third-order valence-electron chi connectivity index (χ3n) is 7.23. The highest BCUT2D eigenvalue weighted by Crippen LogP contribution is 2.50. The third kappa shape index (κ3) is 4.31. The average molecular weight is 529 g/mol. The summed E-state index contributed by atoms with van der Waals surface area (Å²) in [4.78, 5) is 13.5. The molecule has 0 radical (unpaired) electrons. The van der Waals surface area contributed by atoms with Crippen LogP contribution < -0.4 is 9.47 Å². The van der Waals surface area contributed by atoms with Crippen molar-refractivity contribution in [2.24, 2.45) is 0 Å². The fraction of sp³-hybridized carbons (Fsp3) is 0.114. The summed E-state index contributed by atoms with van der Waals surface area (Å²) in [6.07, 6.45) is 3.98. The van der Waals surface area contributed by atoms with Gasteiger partial charge in [-0.2, -0.15) is 0 Å². The number of carbonyl (C=O) groups is 1. The molecule has 40 heavy (non-hydrogen) atoms. The van der Waals surface area contributed by atoms with Crippen molar-refractivity contribution in [2.45, 2.75) is 5.60 Å². The highest BCUT2D eigenvalue weighted by molar-refractivity contribution is 6.14. The van der Waals surface area contributed by atoms with Gasteiger partial charge in [0.25, 0.3) is 0 Å². The molecule has 1 aliphatic heterocycles. The molecule has 0 aromatic heterocycles. The Hall–Kier alpha value is -4.87. The lowest BCUT2D eigenvalue weighted by molar-refractivity contribution is 0.0600. The predicted molar refractivity (Wildman–Crippen MR) is 157 cm³/mol. The molecule has 0 fully saturated rings. The van der Waals surface area contributed by atoms with E-state index in [9.17, 15) is 9.90 Å². The van der Waals surface area contributed by atoms with Crippen LogP contribution in [0.4, 0.5) is 0 Å². The zero-order valence-corrected chi connectivity index (χ0v) is 22.0. The van der Waals surface area contributed by atoms with Crippen LogP contribution in [0.5, 0.6) is 11.5 Å². The topological polar surface area (TPSA) is 65.0 Å². The number of aliphatic hydroxyl groups is 1. The molecule has 1 N–H and O–H groups in total. The van der Waals surface area contributed by atoms with E-state index in [0.717, 1.165) is 33.0 Å². The van der Waals surface area contributed by atoms with Crippen molar-refractivity contribution >= 4 is 22.8 Å². The summed E-state index contributed by atoms with van der Waals surface area (Å²) < 4.78 is 18.2. The van der Waals surface area contributed by atoms with Crippen molar-refractivity contribution < 1.29 is 24.1 Å². The zero-order chi connectivity index (χ0) is 27.5. The Morgan fingerprint density at radius 1 is 0.825 bits per heavy atom. The van der Waals surface area contributed by atoms with Crippen LogP contribution in [0.15, 0.2) is 115 Å². The standard InChI is InChI=1S/C35H28O5/c1-38-34(37)32-29-19-20-35(25-13-7-3-8-14-25,26-15-9-4-10-16-26)40-33(29)30-23-27(39-22-21-36)17-18-28(30)31(32)24-11-5-2-6-12-24/h2-20,23,36H,21-22H2,1H3. The summed E-state index contributed by atoms with van der Waals surface area (Å²) in [6.45, 7) is 0.0647. The summed E-state index contributed by atoms with van der Waals surface area (Å²) in [6, 6.07) is 35.6. The number of fused-ring (bicyclic) bond motifs is 3. The van der Waals surface area contributed by atoms with Crippen LogP contribution >= 0.6 is 0 Å². The van der Waals surface area contributed by atoms with E-state index in [0.29, 0.717) is 22.6 Å². The largest absolute Gasteiger partial charge is 0.491 e. The zero-order valence-electron chi connectivity index (χ0n) is 22.0. The van der Waals surface area contributed by atoms with Crippen molar-refractivity contribution in [1.82, 2.24) is 0 Å². The van der Waals surface area contributed by atoms with Gasteiger partial charge in [0, 0.05) is 27.6 Å². The van der Waals surface area contributed by atoms with Crippen molar-refractivity contribution in [3.63, 3.8) is 0 Å². The van der Waals surface area contributed by atoms with Crippen LogP contribution in [0.1, 0.15) is 27.0 Å². The molecule has 6 rings (SSSR count). The summed E-state index contributed by atoms with van der Waals surface area (Å²) in [5.41, 5.74) is 3.69. The van der Waals surface area contributed by atoms with Gasteiger partial charge in [-0.1, -0.05) is 91.0 Å². The maximum atomic E-state index is 13.5. The molecule has 5 nitrogen and oxygen atoms in total. The lowest BCUT2D eigenvalue weighted by Crippen LogP contribution is -2.34. The number of aliphatic hydroxyl groups excluding tert-OH is 1. The first-order valence-electron chi connectivity index (χ1n) is 13.2. The maximum absolute atomic E-state index is 13.5. The van der Waals surface area contributed by atoms with Gasteiger partial charge in [-0.15, -0.1) is 0 Å². The minimum atomic E-state index is -0.938. The molecule has 0 bridgehead atoms. The molecule has 0 saturated heterocycles. The first-order valence-corrected chi connectivity index (χ1v) is 13.2. The maximum Gasteiger partial charge on any atom is 0.339 e. The van der Waals surface area contributed by atoms with Gasteiger partial charge in [0.15, 0.2) is 5.60 Å². The van der Waals surface area contributed by atoms with Gasteiger partial charge in [-0.05, 0) is 41.3 Å². The van der Waals surface area contributed by atoms with Crippen LogP contribution in [-0.2, 0) is 10.3 Å². The fourth-order valence-electron chi connectivity index (χ4n) is 5.44. The van der Waals surface area contributed by atoms with E-state index in [4.69, 9.17) is 14.2 Å². The summed E-state index contributed by atoms with van der Waals surface area (Å²) in [7, 11) is 1.39. The first kappa shape index (κ1) is 25.4. The molecule has 0 saturated carbocycles. The fourth-order valence-corrected chi connectivity index (χ4v) is 5.44. The van der Waals surface area contributed by atoms with Gasteiger partial charge in [-0.25, -0.2) is 4.79 Å². The molecule has 0 atom stereocenters. The average Bonchev–Trinajstić information content (AvgIpc) is 3.03. The molecule has 5 aromatic carbocycles. The highest BCUT2D eigenvalue weighted by atomic mass is 16.5. The quantitative estimate of drug-likeness (QED) is 0.230. The Labute approximate surface area is 232 Å². The lowest BCUT2D eigenvalue weighted by atomic mass is 9.81. The second-order valence-electron chi connectivity index (χ2n) is 9.53. The Balaban J connectivity index is 1.70. The van der Waals surface area contributed by atoms with Crippen LogP contribution in [-0.4, -0.2) is 31.4 Å². The summed E-state index contributed by atoms with van der Waals surface area (Å²) in [5, 5.41) is 11.0. The Morgan fingerprint density at radius 2 is 1.45 bits per heavy atom. The summed E-state index contributed by atoms with van der Waals surface area (Å²) in [5.74, 6) is 0.703. The molecule has 1 aliphatic rings. The van der Waals surface area contributed by atoms with Crippen molar-refractivity contribution in [2.75, 3.05) is 20.3 Å². The van der Waals surface area contributed by atoms with E-state index in [1.807, 2.05) is 121 Å². The number of benzene rings is 5. The van der Waals surface area contributed by atoms with Crippen LogP contribution in [0.25, 0.3) is 28.0 Å². The molecular weight excluding hydrogens is 500 g/mol. The molecule has 0 amide bonds. The van der Waals surface area contributed by atoms with Crippen molar-refractivity contribution in [3.05, 3.63) is 138 Å². The molecular formula is C35H28O5. The molecule has 0 spiro atoms. The molecule has 1 heterocycles. The van der Waals surface area contributed by atoms with Crippen LogP contribution in [0, 0.1) is 0 Å². The van der Waals surface area contributed by atoms with Crippen molar-refractivity contribution in [1.29, 1.82) is 0 Å². The summed E-state index contributed by atoms with van der Waals surface area (Å²) >= 11 is 0. The molecule has 5 heteroatoms. The van der Waals surface area contributed by atoms with Gasteiger partial charge in [-0.3, -0.25) is 0 Å². The molecule has 198 valence electrons. The second-order valence-corrected chi connectivity index (χ2v) is 9.53. The smallest absolute Gasteiger partial charge is 0.339 e. The second kappa shape index (κ2) is 10.7. The number of methoxy groups -OCH3 is 1. The van der Waals surface area contributed by atoms with E-state index >= 15 is 0 Å². The van der Waals surface area contributed by atoms with Gasteiger partial charge in [0.05, 0.1) is 19.3 Å². The molecule has 0 unspecified atom stereocenters. The van der Waals surface area contributed by atoms with E-state index in [1.54, 1.807) is 0 Å². The Morgan fingerprint density at radius 3 is 2.05 bits per heavy atom. The van der Waals surface area contributed by atoms with Gasteiger partial charge in [0.2, 0.25) is 0 Å². The molecule has 5 aromatic rings. The highest BCUT2D eigenvalue weighted by Gasteiger charge is 2.39. The Kier molecular flexibility index (Phi) is 6.81.